The number of fused-ring (bicyclic) bond motifs is 1. The second-order valence-electron chi connectivity index (χ2n) is 24.4. The first-order valence-electron chi connectivity index (χ1n) is 33.8. The fourth-order valence-corrected chi connectivity index (χ4v) is 7.29. The summed E-state index contributed by atoms with van der Waals surface area (Å²) in [6.07, 6.45) is 11.9. The molecule has 0 amide bonds. The molecule has 0 radical (unpaired) electrons. The van der Waals surface area contributed by atoms with Gasteiger partial charge in [-0.05, 0) is 105 Å². The fourth-order valence-electron chi connectivity index (χ4n) is 6.64. The number of carboxylic acid groups (broad SMARTS) is 11. The first-order valence-corrected chi connectivity index (χ1v) is 35.9. The monoisotopic (exact) mass is 1610 g/mol. The molecule has 0 aliphatic carbocycles. The summed E-state index contributed by atoms with van der Waals surface area (Å²) in [5, 5.41) is 110. The van der Waals surface area contributed by atoms with E-state index >= 15 is 0 Å². The molecule has 4 aromatic rings. The number of aliphatic hydroxyl groups excluding tert-OH is 1. The lowest BCUT2D eigenvalue weighted by Gasteiger charge is -2.11. The molecule has 0 unspecified atom stereocenters. The zero-order valence-electron chi connectivity index (χ0n) is 63.4. The van der Waals surface area contributed by atoms with Gasteiger partial charge in [-0.15, -0.1) is 0 Å². The third-order valence-corrected chi connectivity index (χ3v) is 14.9. The van der Waals surface area contributed by atoms with Gasteiger partial charge in [-0.1, -0.05) is 103 Å². The Kier molecular flexibility index (Phi) is 71.6. The first kappa shape index (κ1) is 114. The highest BCUT2D eigenvalue weighted by Gasteiger charge is 2.20. The maximum absolute atomic E-state index is 10.6. The van der Waals surface area contributed by atoms with E-state index in [2.05, 4.69) is 32.9 Å². The number of H-pyrrole nitrogens is 2. The Balaban J connectivity index is -0.000000214. The van der Waals surface area contributed by atoms with Crippen LogP contribution in [0.4, 0.5) is 0 Å². The predicted octanol–water partition coefficient (Wildman–Crippen LogP) is -1.48. The summed E-state index contributed by atoms with van der Waals surface area (Å²) >= 11 is 5.25. The Bertz CT molecular complexity index is 3140. The molecule has 0 aliphatic rings. The van der Waals surface area contributed by atoms with Gasteiger partial charge in [-0.3, -0.25) is 58.1 Å². The number of para-hydroxylation sites is 1. The molecule has 41 nitrogen and oxygen atoms in total. The zero-order valence-corrected chi connectivity index (χ0v) is 65.1. The predicted molar refractivity (Wildman–Crippen MR) is 421 cm³/mol. The third kappa shape index (κ3) is 68.1. The Morgan fingerprint density at radius 2 is 0.936 bits per heavy atom. The summed E-state index contributed by atoms with van der Waals surface area (Å²) in [6.45, 7) is 13.6. The molecule has 0 saturated carbocycles. The number of nitrogens with two attached hydrogens (primary N) is 13. The topological polar surface area (TPSA) is 849 Å². The lowest BCUT2D eigenvalue weighted by Crippen LogP contribution is -2.39. The summed E-state index contributed by atoms with van der Waals surface area (Å²) in [5.74, 6) is -9.39. The molecule has 632 valence electrons. The molecule has 42 N–H and O–H groups in total. The largest absolute Gasteiger partial charge is 0.480 e. The van der Waals surface area contributed by atoms with Crippen LogP contribution in [0.5, 0.6) is 0 Å². The molecule has 0 spiro atoms. The lowest BCUT2D eigenvalue weighted by atomic mass is 10.0. The maximum Gasteiger partial charge on any atom is 0.323 e. The number of hydrogen-bond donors (Lipinski definition) is 30. The smallest absolute Gasteiger partial charge is 0.323 e. The molecule has 0 fully saturated rings. The number of benzene rings is 2. The number of unbranched alkanes of at least 4 members (excludes halogenated alkanes) is 1. The van der Waals surface area contributed by atoms with Gasteiger partial charge in [0.1, 0.15) is 66.5 Å². The van der Waals surface area contributed by atoms with Crippen molar-refractivity contribution in [2.75, 3.05) is 30.9 Å². The molecule has 110 heavy (non-hydrogen) atoms. The van der Waals surface area contributed by atoms with Gasteiger partial charge in [0.05, 0.1) is 18.1 Å². The molecule has 13 atom stereocenters. The fraction of sp³-hybridized carbons (Fsp3) is 0.567. The zero-order chi connectivity index (χ0) is 87.1. The van der Waals surface area contributed by atoms with Crippen LogP contribution in [0.2, 0.25) is 0 Å². The summed E-state index contributed by atoms with van der Waals surface area (Å²) in [6, 6.07) is 8.30. The van der Waals surface area contributed by atoms with E-state index < -0.39 is 138 Å². The van der Waals surface area contributed by atoms with Gasteiger partial charge < -0.3 is 151 Å². The van der Waals surface area contributed by atoms with Gasteiger partial charge in [0.25, 0.3) is 0 Å². The van der Waals surface area contributed by atoms with Gasteiger partial charge in [-0.25, -0.2) is 4.98 Å². The van der Waals surface area contributed by atoms with E-state index in [-0.39, 0.29) is 30.0 Å². The van der Waals surface area contributed by atoms with Crippen molar-refractivity contribution >= 4 is 107 Å². The van der Waals surface area contributed by atoms with E-state index in [0.717, 1.165) is 47.0 Å². The van der Waals surface area contributed by atoms with Crippen LogP contribution in [-0.4, -0.2) is 251 Å². The number of rotatable bonds is 35. The van der Waals surface area contributed by atoms with E-state index in [1.165, 1.54) is 13.3 Å². The number of thiol groups is 1. The van der Waals surface area contributed by atoms with Crippen LogP contribution in [0.1, 0.15) is 117 Å². The standard InChI is InChI=1S/C11H12N2O2.C9H11NO2.C6H14N4O2.C6H9N3O2.C6H14N2O2.2C6H13NO2.C5H11NO2S.C5H11NO2.C4H9NO3.C3H7NO2S/c12-9(11(14)15)5-7-6-13-10-4-2-1-3-8(7)10;10-8(9(11)12)6-7-4-2-1-3-5-7;7-4(5(11)12)2-1-3-10-6(8)9;7-5(6(10)11)1-4-2-8-3-9-4;7-4-2-1-3-5(8)6(9)10;1-4(2)3-5(7)6(8)9;1-3-4(2)5(7)6(8)9;1-9-3-2-4(6)5(7)8;1-3(2)4(6)5(7)8;1-2(6)3(5)4(7)8;4-2(1-7)3(5)6/h1-4,6,9,13H,5,12H2,(H,14,15);1-5,8H,6,10H2,(H,11,12);4H,1-3,7H2,(H,11,12)(H4,8,9,10);2-3,5H,1,7H2,(H,8,9)(H,10,11);5H,1-4,7-8H2,(H,9,10);2*4-5H,3,7H2,1-2H3,(H,8,9);4H,2-3,6H2,1H3,(H,7,8);3-4H,6H2,1-2H3,(H,7,8);2-3,6H,5H2,1H3,(H,7,8);2,7H,1,4H2,(H,5,6)/t9-;8-;4-;3*5-;4-,5-;2*4-;2-,3+;2-/m00000000010/s1. The summed E-state index contributed by atoms with van der Waals surface area (Å²) < 4.78 is 0. The van der Waals surface area contributed by atoms with Crippen molar-refractivity contribution in [3.05, 3.63) is 90.1 Å². The molecular weight excluding hydrogens is 1490 g/mol. The van der Waals surface area contributed by atoms with Crippen molar-refractivity contribution in [2.45, 2.75) is 192 Å². The Labute approximate surface area is 648 Å². The van der Waals surface area contributed by atoms with E-state index in [0.29, 0.717) is 69.6 Å². The number of aromatic nitrogens is 3. The van der Waals surface area contributed by atoms with Crippen LogP contribution in [0.25, 0.3) is 10.9 Å². The number of nitrogens with zero attached hydrogens (tertiary/aromatic N) is 1. The second-order valence-corrected chi connectivity index (χ2v) is 25.7. The van der Waals surface area contributed by atoms with Gasteiger partial charge in [0.15, 0.2) is 5.96 Å². The van der Waals surface area contributed by atoms with Crippen LogP contribution in [0.3, 0.4) is 0 Å². The third-order valence-electron chi connectivity index (χ3n) is 13.8. The normalized spacial score (nSPS) is 13.6. The van der Waals surface area contributed by atoms with Crippen molar-refractivity contribution < 1.29 is 114 Å². The van der Waals surface area contributed by atoms with Crippen LogP contribution >= 0.6 is 24.4 Å². The van der Waals surface area contributed by atoms with Crippen LogP contribution in [0.15, 0.2) is 73.3 Å². The molecule has 2 aromatic heterocycles. The molecule has 2 heterocycles. The van der Waals surface area contributed by atoms with Crippen LogP contribution in [-0.2, 0) is 72.0 Å². The van der Waals surface area contributed by atoms with Gasteiger partial charge in [0, 0.05) is 48.4 Å². The van der Waals surface area contributed by atoms with Crippen molar-refractivity contribution in [1.29, 1.82) is 5.41 Å². The second kappa shape index (κ2) is 69.0. The van der Waals surface area contributed by atoms with Crippen molar-refractivity contribution in [2.24, 2.45) is 92.3 Å². The highest BCUT2D eigenvalue weighted by atomic mass is 32.2. The number of guanidine groups is 1. The molecule has 43 heteroatoms. The highest BCUT2D eigenvalue weighted by Crippen LogP contribution is 2.19. The van der Waals surface area contributed by atoms with E-state index in [1.807, 2.05) is 94.7 Å². The molecule has 4 rings (SSSR count). The van der Waals surface area contributed by atoms with E-state index in [1.54, 1.807) is 31.8 Å². The average Bonchev–Trinajstić information content (AvgIpc) is 1.69. The number of thioether (sulfide) groups is 1. The highest BCUT2D eigenvalue weighted by molar-refractivity contribution is 7.98. The minimum absolute atomic E-state index is 0.0208. The number of hydrogen-bond acceptors (Lipinski definition) is 28. The maximum atomic E-state index is 10.6. The number of aliphatic hydroxyl groups is 1. The Hall–Kier alpha value is -9.19. The number of imidazole rings is 1. The lowest BCUT2D eigenvalue weighted by molar-refractivity contribution is -0.141. The Morgan fingerprint density at radius 1 is 0.518 bits per heavy atom. The number of carbonyl (C=O) groups is 11. The van der Waals surface area contributed by atoms with E-state index in [4.69, 9.17) is 141 Å². The van der Waals surface area contributed by atoms with Crippen molar-refractivity contribution in [1.82, 2.24) is 20.3 Å². The number of nitrogens with one attached hydrogen (secondary N) is 4. The van der Waals surface area contributed by atoms with Crippen LogP contribution < -0.4 is 79.9 Å². The molecule has 2 aromatic carbocycles. The van der Waals surface area contributed by atoms with Gasteiger partial charge in [0.2, 0.25) is 0 Å². The summed E-state index contributed by atoms with van der Waals surface area (Å²) in [5.41, 5.74) is 71.0. The molecule has 0 saturated heterocycles. The molecule has 0 aliphatic heterocycles. The van der Waals surface area contributed by atoms with Gasteiger partial charge >= 0.3 is 65.7 Å². The van der Waals surface area contributed by atoms with Crippen molar-refractivity contribution in [3.63, 3.8) is 0 Å². The minimum Gasteiger partial charge on any atom is -0.480 e. The first-order chi connectivity index (χ1) is 50.9. The number of carboxylic acids is 11. The average molecular weight is 1610 g/mol. The molecule has 0 bridgehead atoms. The summed E-state index contributed by atoms with van der Waals surface area (Å²) in [4.78, 5) is 121. The minimum atomic E-state index is -1.18. The van der Waals surface area contributed by atoms with E-state index in [9.17, 15) is 52.7 Å². The number of aliphatic carboxylic acids is 11. The summed E-state index contributed by atoms with van der Waals surface area (Å²) in [7, 11) is 0. The molecular formula is C67H124N18O23S2. The Morgan fingerprint density at radius 3 is 1.25 bits per heavy atom. The quantitative estimate of drug-likeness (QED) is 0.0108. The van der Waals surface area contributed by atoms with Crippen molar-refractivity contribution in [3.8, 4) is 0 Å². The van der Waals surface area contributed by atoms with Crippen LogP contribution in [0, 0.1) is 23.2 Å². The van der Waals surface area contributed by atoms with Gasteiger partial charge in [-0.2, -0.15) is 24.4 Å². The SMILES string of the molecule is CC(C)C[C@H](N)C(=O)O.CC(C)[C@H](N)C(=O)O.CC[C@H](C)[C@H](N)C(=O)O.CSCC[C@H](N)C(=O)O.C[C@@H](O)[C@H](N)C(=O)O.N=C(N)NCCC[C@H](N)C(=O)O.NCCCC[C@H](N)C(=O)O.N[C@@H](CS)C(=O)O.N[C@@H](Cc1c[nH]c2ccccc12)C(=O)O.N[C@@H](Cc1c[nH]cn1)C(=O)O.N[C@@H](Cc1ccccc1)C(=O)O. The number of aromatic amines is 2.